The Hall–Kier alpha value is -0.350. The van der Waals surface area contributed by atoms with Crippen LogP contribution in [0.5, 0.6) is 0 Å². The summed E-state index contributed by atoms with van der Waals surface area (Å²) in [6, 6.07) is 0. The molecule has 15 heavy (non-hydrogen) atoms. The van der Waals surface area contributed by atoms with E-state index in [1.54, 1.807) is 0 Å². The minimum absolute atomic E-state index is 0.617. The topological polar surface area (TPSA) is 43.8 Å². The molecule has 1 aromatic heterocycles. The lowest BCUT2D eigenvalue weighted by Crippen LogP contribution is -2.10. The zero-order chi connectivity index (χ0) is 11.4. The Morgan fingerprint density at radius 3 is 2.67 bits per heavy atom. The number of rotatable bonds is 5. The second-order valence-electron chi connectivity index (χ2n) is 4.07. The molecule has 1 rings (SSSR count). The molecule has 0 aliphatic rings. The first kappa shape index (κ1) is 12.7. The molecule has 1 heterocycles. The average Bonchev–Trinajstić information content (AvgIpc) is 2.45. The van der Waals surface area contributed by atoms with Crippen LogP contribution in [0.3, 0.4) is 0 Å². The van der Waals surface area contributed by atoms with Gasteiger partial charge >= 0.3 is 0 Å². The van der Waals surface area contributed by atoms with Gasteiger partial charge in [0.25, 0.3) is 0 Å². The largest absolute Gasteiger partial charge is 0.330 e. The minimum Gasteiger partial charge on any atom is -0.330 e. The van der Waals surface area contributed by atoms with E-state index in [2.05, 4.69) is 34.9 Å². The normalized spacial score (nSPS) is 13.1. The molecule has 2 N–H and O–H groups in total. The van der Waals surface area contributed by atoms with E-state index in [1.165, 1.54) is 10.2 Å². The van der Waals surface area contributed by atoms with Crippen LogP contribution >= 0.6 is 15.9 Å². The summed E-state index contributed by atoms with van der Waals surface area (Å²) < 4.78 is 3.16. The molecule has 1 aromatic rings. The molecule has 0 bridgehead atoms. The van der Waals surface area contributed by atoms with E-state index in [-0.39, 0.29) is 0 Å². The zero-order valence-corrected chi connectivity index (χ0v) is 11.3. The van der Waals surface area contributed by atoms with E-state index in [1.807, 2.05) is 11.7 Å². The van der Waals surface area contributed by atoms with E-state index >= 15 is 0 Å². The molecule has 0 radical (unpaired) electrons. The van der Waals surface area contributed by atoms with Crippen LogP contribution in [0.1, 0.15) is 31.7 Å². The average molecular weight is 274 g/mol. The van der Waals surface area contributed by atoms with Gasteiger partial charge in [-0.25, -0.2) is 0 Å². The molecule has 0 saturated heterocycles. The maximum atomic E-state index is 5.56. The van der Waals surface area contributed by atoms with Crippen molar-refractivity contribution in [3.8, 4) is 0 Å². The quantitative estimate of drug-likeness (QED) is 0.895. The molecule has 86 valence electrons. The summed E-state index contributed by atoms with van der Waals surface area (Å²) in [7, 11) is 2.01. The molecule has 1 atom stereocenters. The third kappa shape index (κ3) is 3.05. The van der Waals surface area contributed by atoms with Gasteiger partial charge in [-0.3, -0.25) is 4.68 Å². The second kappa shape index (κ2) is 5.66. The molecule has 0 aliphatic heterocycles. The van der Waals surface area contributed by atoms with Gasteiger partial charge in [0.2, 0.25) is 0 Å². The van der Waals surface area contributed by atoms with E-state index in [0.717, 1.165) is 31.5 Å². The Labute approximate surface area is 100 Å². The Morgan fingerprint density at radius 2 is 2.20 bits per heavy atom. The van der Waals surface area contributed by atoms with Gasteiger partial charge in [0.05, 0.1) is 15.9 Å². The van der Waals surface area contributed by atoms with Crippen LogP contribution in [-0.2, 0) is 19.9 Å². The fourth-order valence-corrected chi connectivity index (χ4v) is 2.54. The maximum absolute atomic E-state index is 5.56. The predicted octanol–water partition coefficient (Wildman–Crippen LogP) is 2.27. The molecule has 0 aliphatic carbocycles. The smallest absolute Gasteiger partial charge is 0.0766 e. The first-order chi connectivity index (χ1) is 7.10. The van der Waals surface area contributed by atoms with Gasteiger partial charge in [-0.1, -0.05) is 13.8 Å². The van der Waals surface area contributed by atoms with E-state index < -0.39 is 0 Å². The summed E-state index contributed by atoms with van der Waals surface area (Å²) >= 11 is 3.63. The summed E-state index contributed by atoms with van der Waals surface area (Å²) in [5.74, 6) is 0.617. The van der Waals surface area contributed by atoms with Crippen molar-refractivity contribution in [1.29, 1.82) is 0 Å². The molecular weight excluding hydrogens is 254 g/mol. The summed E-state index contributed by atoms with van der Waals surface area (Å²) in [6.45, 7) is 5.12. The number of halogens is 1. The van der Waals surface area contributed by atoms with Gasteiger partial charge in [-0.15, -0.1) is 0 Å². The van der Waals surface area contributed by atoms with Crippen LogP contribution in [-0.4, -0.2) is 16.3 Å². The summed E-state index contributed by atoms with van der Waals surface area (Å²) in [4.78, 5) is 0. The van der Waals surface area contributed by atoms with Crippen LogP contribution in [0.15, 0.2) is 4.47 Å². The summed E-state index contributed by atoms with van der Waals surface area (Å²) in [6.07, 6.45) is 3.08. The van der Waals surface area contributed by atoms with Crippen molar-refractivity contribution in [3.63, 3.8) is 0 Å². The summed E-state index contributed by atoms with van der Waals surface area (Å²) in [5, 5.41) is 4.48. The molecular formula is C11H20BrN3. The molecule has 0 fully saturated rings. The van der Waals surface area contributed by atoms with Gasteiger partial charge in [-0.05, 0) is 47.7 Å². The highest BCUT2D eigenvalue weighted by atomic mass is 79.9. The van der Waals surface area contributed by atoms with Crippen LogP contribution in [0.2, 0.25) is 0 Å². The van der Waals surface area contributed by atoms with Gasteiger partial charge in [0.15, 0.2) is 0 Å². The van der Waals surface area contributed by atoms with Crippen molar-refractivity contribution in [1.82, 2.24) is 9.78 Å². The Balaban J connectivity index is 2.80. The first-order valence-electron chi connectivity index (χ1n) is 5.50. The maximum Gasteiger partial charge on any atom is 0.0766 e. The molecule has 0 amide bonds. The van der Waals surface area contributed by atoms with Crippen molar-refractivity contribution in [2.45, 2.75) is 33.1 Å². The molecule has 3 nitrogen and oxygen atoms in total. The predicted molar refractivity (Wildman–Crippen MR) is 66.8 cm³/mol. The monoisotopic (exact) mass is 273 g/mol. The van der Waals surface area contributed by atoms with Gasteiger partial charge < -0.3 is 5.73 Å². The Kier molecular flexibility index (Phi) is 4.80. The van der Waals surface area contributed by atoms with Crippen molar-refractivity contribution < 1.29 is 0 Å². The van der Waals surface area contributed by atoms with Crippen molar-refractivity contribution in [2.75, 3.05) is 6.54 Å². The third-order valence-electron chi connectivity index (χ3n) is 2.70. The van der Waals surface area contributed by atoms with Crippen molar-refractivity contribution >= 4 is 15.9 Å². The second-order valence-corrected chi connectivity index (χ2v) is 4.86. The van der Waals surface area contributed by atoms with E-state index in [0.29, 0.717) is 5.92 Å². The van der Waals surface area contributed by atoms with Gasteiger partial charge in [0.1, 0.15) is 0 Å². The lowest BCUT2D eigenvalue weighted by Gasteiger charge is -2.10. The van der Waals surface area contributed by atoms with Crippen LogP contribution in [0, 0.1) is 5.92 Å². The summed E-state index contributed by atoms with van der Waals surface area (Å²) in [5.41, 5.74) is 7.99. The molecule has 0 saturated carbocycles. The van der Waals surface area contributed by atoms with Gasteiger partial charge in [0, 0.05) is 7.05 Å². The van der Waals surface area contributed by atoms with Gasteiger partial charge in [-0.2, -0.15) is 5.10 Å². The van der Waals surface area contributed by atoms with Crippen LogP contribution in [0.25, 0.3) is 0 Å². The molecule has 0 spiro atoms. The minimum atomic E-state index is 0.617. The van der Waals surface area contributed by atoms with Crippen LogP contribution in [0.4, 0.5) is 0 Å². The lowest BCUT2D eigenvalue weighted by atomic mass is 10.0. The molecule has 1 unspecified atom stereocenters. The number of aromatic nitrogens is 2. The standard InChI is InChI=1S/C11H20BrN3/c1-4-9-11(12)10(15(3)14-9)7-8(2)5-6-13/h8H,4-7,13H2,1-3H3. The number of nitrogens with two attached hydrogens (primary N) is 1. The number of nitrogens with zero attached hydrogens (tertiary/aromatic N) is 2. The molecule has 4 heteroatoms. The van der Waals surface area contributed by atoms with Crippen LogP contribution < -0.4 is 5.73 Å². The Morgan fingerprint density at radius 1 is 1.53 bits per heavy atom. The van der Waals surface area contributed by atoms with Crippen molar-refractivity contribution in [2.24, 2.45) is 18.7 Å². The zero-order valence-electron chi connectivity index (χ0n) is 9.76. The molecule has 0 aromatic carbocycles. The SMILES string of the molecule is CCc1nn(C)c(CC(C)CCN)c1Br. The van der Waals surface area contributed by atoms with Crippen molar-refractivity contribution in [3.05, 3.63) is 15.9 Å². The lowest BCUT2D eigenvalue weighted by molar-refractivity contribution is 0.514. The number of hydrogen-bond acceptors (Lipinski definition) is 2. The highest BCUT2D eigenvalue weighted by molar-refractivity contribution is 9.10. The Bertz CT molecular complexity index is 320. The van der Waals surface area contributed by atoms with E-state index in [4.69, 9.17) is 5.73 Å². The number of hydrogen-bond donors (Lipinski definition) is 1. The fourth-order valence-electron chi connectivity index (χ4n) is 1.76. The number of aryl methyl sites for hydroxylation is 2. The highest BCUT2D eigenvalue weighted by Gasteiger charge is 2.14. The van der Waals surface area contributed by atoms with E-state index in [9.17, 15) is 0 Å². The highest BCUT2D eigenvalue weighted by Crippen LogP contribution is 2.24. The fraction of sp³-hybridized carbons (Fsp3) is 0.727. The third-order valence-corrected chi connectivity index (χ3v) is 3.62. The first-order valence-corrected chi connectivity index (χ1v) is 6.29.